The van der Waals surface area contributed by atoms with Gasteiger partial charge in [-0.2, -0.15) is 0 Å². The molecule has 1 aliphatic rings. The van der Waals surface area contributed by atoms with Crippen molar-refractivity contribution in [3.63, 3.8) is 0 Å². The third-order valence-electron chi connectivity index (χ3n) is 5.47. The van der Waals surface area contributed by atoms with Gasteiger partial charge in [-0.05, 0) is 48.2 Å². The van der Waals surface area contributed by atoms with Crippen molar-refractivity contribution in [2.24, 2.45) is 0 Å². The van der Waals surface area contributed by atoms with Gasteiger partial charge < -0.3 is 10.2 Å². The van der Waals surface area contributed by atoms with E-state index in [1.807, 2.05) is 70.6 Å². The normalized spacial score (nSPS) is 13.4. The Balaban J connectivity index is 1.29. The van der Waals surface area contributed by atoms with E-state index in [1.54, 1.807) is 16.2 Å². The van der Waals surface area contributed by atoms with E-state index >= 15 is 0 Å². The summed E-state index contributed by atoms with van der Waals surface area (Å²) < 4.78 is 2.01. The first-order valence-corrected chi connectivity index (χ1v) is 12.9. The maximum absolute atomic E-state index is 12.7. The number of hydrogen-bond donors (Lipinski definition) is 1. The second-order valence-electron chi connectivity index (χ2n) is 7.86. The topological polar surface area (TPSA) is 80.1 Å². The number of thiophene rings is 1. The maximum Gasteiger partial charge on any atom is 0.234 e. The molecule has 0 aliphatic carbocycles. The highest BCUT2D eigenvalue weighted by Gasteiger charge is 2.22. The lowest BCUT2D eigenvalue weighted by atomic mass is 10.2. The molecule has 2 amide bonds. The molecule has 2 aromatic heterocycles. The number of anilines is 2. The lowest BCUT2D eigenvalue weighted by Crippen LogP contribution is -2.23. The second-order valence-corrected chi connectivity index (χ2v) is 9.84. The van der Waals surface area contributed by atoms with Crippen LogP contribution in [0.1, 0.15) is 23.5 Å². The molecule has 1 saturated heterocycles. The highest BCUT2D eigenvalue weighted by molar-refractivity contribution is 7.99. The smallest absolute Gasteiger partial charge is 0.234 e. The molecule has 1 N–H and O–H groups in total. The van der Waals surface area contributed by atoms with Crippen molar-refractivity contribution in [1.29, 1.82) is 0 Å². The van der Waals surface area contributed by atoms with E-state index in [1.165, 1.54) is 16.6 Å². The van der Waals surface area contributed by atoms with E-state index in [0.29, 0.717) is 23.7 Å². The fourth-order valence-corrected chi connectivity index (χ4v) is 5.39. The molecule has 0 radical (unpaired) electrons. The van der Waals surface area contributed by atoms with Crippen LogP contribution in [0, 0.1) is 0 Å². The molecule has 5 rings (SSSR count). The van der Waals surface area contributed by atoms with E-state index in [-0.39, 0.29) is 17.6 Å². The van der Waals surface area contributed by atoms with Crippen molar-refractivity contribution in [1.82, 2.24) is 14.8 Å². The van der Waals surface area contributed by atoms with Crippen LogP contribution in [0.5, 0.6) is 0 Å². The Morgan fingerprint density at radius 2 is 1.88 bits per heavy atom. The summed E-state index contributed by atoms with van der Waals surface area (Å²) in [7, 11) is 0. The lowest BCUT2D eigenvalue weighted by Gasteiger charge is -2.16. The van der Waals surface area contributed by atoms with Crippen molar-refractivity contribution in [3.8, 4) is 5.69 Å². The van der Waals surface area contributed by atoms with Crippen LogP contribution in [-0.4, -0.2) is 38.9 Å². The summed E-state index contributed by atoms with van der Waals surface area (Å²) in [5.41, 5.74) is 2.45. The fraction of sp³-hybridized carbons (Fsp3) is 0.200. The SMILES string of the molecule is O=C(CSc1nnc(Cc2cccs2)n1-c1ccccc1)Nc1cccc(N2CCCC2=O)c1. The number of amides is 2. The summed E-state index contributed by atoms with van der Waals surface area (Å²) in [6.45, 7) is 0.717. The van der Waals surface area contributed by atoms with Crippen LogP contribution >= 0.6 is 23.1 Å². The summed E-state index contributed by atoms with van der Waals surface area (Å²) in [6.07, 6.45) is 2.11. The number of para-hydroxylation sites is 1. The Labute approximate surface area is 205 Å². The third-order valence-corrected chi connectivity index (χ3v) is 7.28. The predicted molar refractivity (Wildman–Crippen MR) is 136 cm³/mol. The quantitative estimate of drug-likeness (QED) is 0.361. The molecule has 0 saturated carbocycles. The standard InChI is InChI=1S/C25H23N5O2S2/c31-23(26-18-7-4-10-20(15-18)29-13-5-12-24(29)32)17-34-25-28-27-22(16-21-11-6-14-33-21)30(25)19-8-2-1-3-9-19/h1-4,6-11,14-15H,5,12-13,16-17H2,(H,26,31). The predicted octanol–water partition coefficient (Wildman–Crippen LogP) is 4.78. The van der Waals surface area contributed by atoms with Gasteiger partial charge in [0, 0.05) is 41.3 Å². The van der Waals surface area contributed by atoms with Gasteiger partial charge in [-0.25, -0.2) is 0 Å². The summed E-state index contributed by atoms with van der Waals surface area (Å²) >= 11 is 3.03. The largest absolute Gasteiger partial charge is 0.325 e. The molecule has 0 spiro atoms. The number of carbonyl (C=O) groups is 2. The van der Waals surface area contributed by atoms with Gasteiger partial charge in [0.1, 0.15) is 5.82 Å². The third kappa shape index (κ3) is 5.05. The van der Waals surface area contributed by atoms with Crippen molar-refractivity contribution < 1.29 is 9.59 Å². The Morgan fingerprint density at radius 1 is 1.03 bits per heavy atom. The van der Waals surface area contributed by atoms with Gasteiger partial charge in [-0.15, -0.1) is 21.5 Å². The molecule has 4 aromatic rings. The molecule has 34 heavy (non-hydrogen) atoms. The number of thioether (sulfide) groups is 1. The number of nitrogens with zero attached hydrogens (tertiary/aromatic N) is 4. The molecule has 1 aliphatic heterocycles. The molecule has 0 unspecified atom stereocenters. The molecule has 172 valence electrons. The number of hydrogen-bond acceptors (Lipinski definition) is 6. The molecule has 3 heterocycles. The molecule has 7 nitrogen and oxygen atoms in total. The van der Waals surface area contributed by atoms with Gasteiger partial charge in [-0.3, -0.25) is 14.2 Å². The van der Waals surface area contributed by atoms with Crippen molar-refractivity contribution in [3.05, 3.63) is 82.8 Å². The molecule has 0 atom stereocenters. The van der Waals surface area contributed by atoms with Crippen molar-refractivity contribution >= 4 is 46.3 Å². The van der Waals surface area contributed by atoms with Gasteiger partial charge in [0.2, 0.25) is 11.8 Å². The monoisotopic (exact) mass is 489 g/mol. The van der Waals surface area contributed by atoms with Gasteiger partial charge in [0.05, 0.1) is 5.75 Å². The van der Waals surface area contributed by atoms with Crippen LogP contribution in [0.2, 0.25) is 0 Å². The van der Waals surface area contributed by atoms with Gasteiger partial charge >= 0.3 is 0 Å². The molecule has 0 bridgehead atoms. The van der Waals surface area contributed by atoms with E-state index in [2.05, 4.69) is 21.6 Å². The minimum atomic E-state index is -0.141. The Kier molecular flexibility index (Phi) is 6.73. The Hall–Kier alpha value is -3.43. The maximum atomic E-state index is 12.7. The Bertz CT molecular complexity index is 1290. The zero-order valence-electron chi connectivity index (χ0n) is 18.4. The van der Waals surface area contributed by atoms with Gasteiger partial charge in [-0.1, -0.05) is 42.1 Å². The Morgan fingerprint density at radius 3 is 2.65 bits per heavy atom. The molecule has 2 aromatic carbocycles. The molecule has 1 fully saturated rings. The van der Waals surface area contributed by atoms with Crippen molar-refractivity contribution in [2.75, 3.05) is 22.5 Å². The zero-order chi connectivity index (χ0) is 23.3. The summed E-state index contributed by atoms with van der Waals surface area (Å²) in [4.78, 5) is 27.7. The van der Waals surface area contributed by atoms with Gasteiger partial charge in [0.15, 0.2) is 5.16 Å². The van der Waals surface area contributed by atoms with Crippen LogP contribution < -0.4 is 10.2 Å². The zero-order valence-corrected chi connectivity index (χ0v) is 20.0. The van der Waals surface area contributed by atoms with Crippen molar-refractivity contribution in [2.45, 2.75) is 24.4 Å². The summed E-state index contributed by atoms with van der Waals surface area (Å²) in [5.74, 6) is 1.01. The minimum absolute atomic E-state index is 0.123. The average Bonchev–Trinajstić information content (AvgIpc) is 3.60. The van der Waals surface area contributed by atoms with Gasteiger partial charge in [0.25, 0.3) is 0 Å². The first-order chi connectivity index (χ1) is 16.7. The van der Waals surface area contributed by atoms with Crippen LogP contribution in [-0.2, 0) is 16.0 Å². The van der Waals surface area contributed by atoms with Crippen LogP contribution in [0.3, 0.4) is 0 Å². The summed E-state index contributed by atoms with van der Waals surface area (Å²) in [6, 6.07) is 21.5. The number of nitrogens with one attached hydrogen (secondary N) is 1. The van der Waals surface area contributed by atoms with E-state index < -0.39 is 0 Å². The van der Waals surface area contributed by atoms with E-state index in [9.17, 15) is 9.59 Å². The number of carbonyl (C=O) groups excluding carboxylic acids is 2. The average molecular weight is 490 g/mol. The number of aromatic nitrogens is 3. The first kappa shape index (κ1) is 22.4. The van der Waals surface area contributed by atoms with Crippen LogP contribution in [0.4, 0.5) is 11.4 Å². The number of benzene rings is 2. The van der Waals surface area contributed by atoms with E-state index in [4.69, 9.17) is 0 Å². The molecule has 9 heteroatoms. The number of rotatable bonds is 8. The van der Waals surface area contributed by atoms with E-state index in [0.717, 1.165) is 30.2 Å². The highest BCUT2D eigenvalue weighted by Crippen LogP contribution is 2.26. The first-order valence-electron chi connectivity index (χ1n) is 11.0. The highest BCUT2D eigenvalue weighted by atomic mass is 32.2. The molecular weight excluding hydrogens is 466 g/mol. The lowest BCUT2D eigenvalue weighted by molar-refractivity contribution is -0.117. The minimum Gasteiger partial charge on any atom is -0.325 e. The molecular formula is C25H23N5O2S2. The second kappa shape index (κ2) is 10.2. The summed E-state index contributed by atoms with van der Waals surface area (Å²) in [5, 5.41) is 14.5. The fourth-order valence-electron chi connectivity index (χ4n) is 3.91. The van der Waals surface area contributed by atoms with Crippen LogP contribution in [0.25, 0.3) is 5.69 Å². The van der Waals surface area contributed by atoms with Crippen LogP contribution in [0.15, 0.2) is 77.3 Å².